The molecule has 8 nitrogen and oxygen atoms in total. The number of nitrogens with zero attached hydrogens (tertiary/aromatic N) is 4. The Morgan fingerprint density at radius 3 is 2.62 bits per heavy atom. The van der Waals surface area contributed by atoms with Crippen molar-refractivity contribution in [1.29, 1.82) is 0 Å². The van der Waals surface area contributed by atoms with Crippen LogP contribution in [0.3, 0.4) is 0 Å². The summed E-state index contributed by atoms with van der Waals surface area (Å²) in [5.74, 6) is -0.548. The fourth-order valence-corrected chi connectivity index (χ4v) is 5.44. The lowest BCUT2D eigenvalue weighted by Crippen LogP contribution is -2.29. The van der Waals surface area contributed by atoms with E-state index in [0.717, 1.165) is 6.42 Å². The van der Waals surface area contributed by atoms with E-state index in [0.29, 0.717) is 40.3 Å². The van der Waals surface area contributed by atoms with Crippen LogP contribution >= 0.6 is 0 Å². The quantitative estimate of drug-likeness (QED) is 0.362. The molecule has 0 amide bonds. The molecule has 6 rings (SSSR count). The second-order valence-electron chi connectivity index (χ2n) is 8.78. The second kappa shape index (κ2) is 7.76. The Morgan fingerprint density at radius 1 is 1.09 bits per heavy atom. The van der Waals surface area contributed by atoms with Crippen LogP contribution in [0.15, 0.2) is 65.5 Å². The van der Waals surface area contributed by atoms with Gasteiger partial charge in [-0.05, 0) is 61.6 Å². The number of rotatable bonds is 5. The van der Waals surface area contributed by atoms with Gasteiger partial charge in [-0.2, -0.15) is 14.6 Å². The number of carboxylic acids is 1. The van der Waals surface area contributed by atoms with Crippen LogP contribution in [0.2, 0.25) is 0 Å². The first-order valence-electron chi connectivity index (χ1n) is 11.4. The summed E-state index contributed by atoms with van der Waals surface area (Å²) in [6.45, 7) is 2.45. The highest BCUT2D eigenvalue weighted by molar-refractivity contribution is 5.91. The number of para-hydroxylation sites is 1. The minimum absolute atomic E-state index is 0.0336. The van der Waals surface area contributed by atoms with Gasteiger partial charge in [0.15, 0.2) is 11.3 Å². The fourth-order valence-electron chi connectivity index (χ4n) is 5.44. The lowest BCUT2D eigenvalue weighted by Gasteiger charge is -2.25. The Hall–Kier alpha value is -4.07. The monoisotopic (exact) mass is 454 g/mol. The van der Waals surface area contributed by atoms with Crippen molar-refractivity contribution in [3.05, 3.63) is 76.9 Å². The van der Waals surface area contributed by atoms with E-state index < -0.39 is 17.4 Å². The minimum atomic E-state index is -0.842. The first kappa shape index (κ1) is 20.5. The molecule has 0 saturated heterocycles. The van der Waals surface area contributed by atoms with Gasteiger partial charge in [0, 0.05) is 16.9 Å². The number of hydrogen-bond donors (Lipinski definition) is 1. The number of hydrogen-bond acceptors (Lipinski definition) is 6. The topological polar surface area (TPSA) is 107 Å². The molecular formula is C26H22N4O4. The molecule has 2 bridgehead atoms. The van der Waals surface area contributed by atoms with Crippen molar-refractivity contribution in [2.24, 2.45) is 17.8 Å². The summed E-state index contributed by atoms with van der Waals surface area (Å²) in [6, 6.07) is 14.5. The van der Waals surface area contributed by atoms with Crippen LogP contribution in [-0.4, -0.2) is 37.3 Å². The molecule has 0 aliphatic heterocycles. The standard InChI is InChI=1S/C26H22N4O4/c1-2-34-17-11-9-14(10-12-17)22-25(31)28-23-18-5-3-4-6-19(18)27-24(30(23)29-22)20-15-7-8-16(13-15)21(20)26(32)33/h3-12,15-16,20-21H,2,13H2,1H3,(H,32,33)/t15-,16-,20-,21-/m0/s1. The minimum Gasteiger partial charge on any atom is -0.494 e. The highest BCUT2D eigenvalue weighted by Crippen LogP contribution is 2.52. The van der Waals surface area contributed by atoms with Crippen LogP contribution < -0.4 is 10.3 Å². The zero-order chi connectivity index (χ0) is 23.4. The highest BCUT2D eigenvalue weighted by atomic mass is 16.5. The van der Waals surface area contributed by atoms with Gasteiger partial charge in [0.25, 0.3) is 5.56 Å². The number of aromatic nitrogens is 4. The average molecular weight is 454 g/mol. The summed E-state index contributed by atoms with van der Waals surface area (Å²) >= 11 is 0. The summed E-state index contributed by atoms with van der Waals surface area (Å²) in [5.41, 5.74) is 1.39. The van der Waals surface area contributed by atoms with Crippen molar-refractivity contribution in [2.75, 3.05) is 6.61 Å². The van der Waals surface area contributed by atoms with Crippen LogP contribution in [-0.2, 0) is 4.79 Å². The molecule has 4 aromatic rings. The van der Waals surface area contributed by atoms with Gasteiger partial charge in [-0.25, -0.2) is 4.98 Å². The Labute approximate surface area is 194 Å². The van der Waals surface area contributed by atoms with Gasteiger partial charge in [-0.3, -0.25) is 9.59 Å². The molecule has 0 unspecified atom stereocenters. The molecule has 1 fully saturated rings. The van der Waals surface area contributed by atoms with Crippen LogP contribution in [0, 0.1) is 17.8 Å². The number of aliphatic carboxylic acids is 1. The van der Waals surface area contributed by atoms with Crippen molar-refractivity contribution in [3.8, 4) is 17.0 Å². The van der Waals surface area contributed by atoms with E-state index in [-0.39, 0.29) is 23.4 Å². The Balaban J connectivity index is 1.61. The SMILES string of the molecule is CCOc1ccc(-c2nn3c([C@@H]4[C@@H](C(=O)O)[C@H]5C=C[C@H]4C5)nc4ccccc4c3nc2=O)cc1. The van der Waals surface area contributed by atoms with Crippen LogP contribution in [0.4, 0.5) is 0 Å². The smallest absolute Gasteiger partial charge is 0.307 e. The maximum absolute atomic E-state index is 13.1. The average Bonchev–Trinajstić information content (AvgIpc) is 3.46. The van der Waals surface area contributed by atoms with Crippen molar-refractivity contribution in [2.45, 2.75) is 19.3 Å². The number of allylic oxidation sites excluding steroid dienone is 2. The molecule has 2 heterocycles. The van der Waals surface area contributed by atoms with Gasteiger partial charge in [0.2, 0.25) is 0 Å². The van der Waals surface area contributed by atoms with Gasteiger partial charge < -0.3 is 9.84 Å². The molecule has 2 aliphatic carbocycles. The molecular weight excluding hydrogens is 432 g/mol. The van der Waals surface area contributed by atoms with E-state index in [1.165, 1.54) is 0 Å². The first-order valence-corrected chi connectivity index (χ1v) is 11.4. The lowest BCUT2D eigenvalue weighted by molar-refractivity contribution is -0.143. The summed E-state index contributed by atoms with van der Waals surface area (Å²) in [6.07, 6.45) is 4.86. The summed E-state index contributed by atoms with van der Waals surface area (Å²) < 4.78 is 7.09. The normalized spacial score (nSPS) is 23.1. The van der Waals surface area contributed by atoms with Crippen LogP contribution in [0.5, 0.6) is 5.75 Å². The van der Waals surface area contributed by atoms with Gasteiger partial charge in [0.05, 0.1) is 18.0 Å². The van der Waals surface area contributed by atoms with Crippen LogP contribution in [0.25, 0.3) is 27.8 Å². The number of ether oxygens (including phenoxy) is 1. The predicted octanol–water partition coefficient (Wildman–Crippen LogP) is 3.69. The molecule has 2 aromatic carbocycles. The zero-order valence-electron chi connectivity index (χ0n) is 18.5. The summed E-state index contributed by atoms with van der Waals surface area (Å²) in [5, 5.41) is 15.4. The van der Waals surface area contributed by atoms with E-state index in [1.54, 1.807) is 28.8 Å². The van der Waals surface area contributed by atoms with E-state index in [1.807, 2.05) is 37.3 Å². The Kier molecular flexibility index (Phi) is 4.69. The largest absolute Gasteiger partial charge is 0.494 e. The first-order chi connectivity index (χ1) is 16.5. The molecule has 2 aromatic heterocycles. The van der Waals surface area contributed by atoms with Crippen molar-refractivity contribution in [1.82, 2.24) is 19.6 Å². The van der Waals surface area contributed by atoms with Gasteiger partial charge in [-0.15, -0.1) is 0 Å². The van der Waals surface area contributed by atoms with E-state index in [9.17, 15) is 14.7 Å². The third-order valence-electron chi connectivity index (χ3n) is 6.89. The number of carbonyl (C=O) groups is 1. The molecule has 170 valence electrons. The Morgan fingerprint density at radius 2 is 1.85 bits per heavy atom. The number of benzene rings is 2. The lowest BCUT2D eigenvalue weighted by atomic mass is 9.82. The second-order valence-corrected chi connectivity index (χ2v) is 8.78. The third kappa shape index (κ3) is 3.09. The predicted molar refractivity (Wildman–Crippen MR) is 126 cm³/mol. The summed E-state index contributed by atoms with van der Waals surface area (Å²) in [7, 11) is 0. The van der Waals surface area contributed by atoms with E-state index >= 15 is 0 Å². The van der Waals surface area contributed by atoms with Gasteiger partial charge in [0.1, 0.15) is 11.6 Å². The number of fused-ring (bicyclic) bond motifs is 5. The van der Waals surface area contributed by atoms with Gasteiger partial charge in [-0.1, -0.05) is 24.3 Å². The van der Waals surface area contributed by atoms with Crippen molar-refractivity contribution < 1.29 is 14.6 Å². The van der Waals surface area contributed by atoms with Crippen molar-refractivity contribution in [3.63, 3.8) is 0 Å². The molecule has 0 radical (unpaired) electrons. The van der Waals surface area contributed by atoms with Crippen LogP contribution in [0.1, 0.15) is 25.1 Å². The maximum Gasteiger partial charge on any atom is 0.307 e. The number of carboxylic acid groups (broad SMARTS) is 1. The van der Waals surface area contributed by atoms with Gasteiger partial charge >= 0.3 is 5.97 Å². The summed E-state index contributed by atoms with van der Waals surface area (Å²) in [4.78, 5) is 34.6. The zero-order valence-corrected chi connectivity index (χ0v) is 18.5. The molecule has 1 saturated carbocycles. The molecule has 0 spiro atoms. The molecule has 4 atom stereocenters. The van der Waals surface area contributed by atoms with E-state index in [2.05, 4.69) is 11.1 Å². The van der Waals surface area contributed by atoms with E-state index in [4.69, 9.17) is 14.8 Å². The van der Waals surface area contributed by atoms with Crippen molar-refractivity contribution >= 4 is 22.5 Å². The maximum atomic E-state index is 13.1. The highest BCUT2D eigenvalue weighted by Gasteiger charge is 2.50. The third-order valence-corrected chi connectivity index (χ3v) is 6.89. The molecule has 2 aliphatic rings. The molecule has 34 heavy (non-hydrogen) atoms. The molecule has 8 heteroatoms. The Bertz CT molecular complexity index is 1530. The molecule has 1 N–H and O–H groups in total. The fraction of sp³-hybridized carbons (Fsp3) is 0.269.